The van der Waals surface area contributed by atoms with Crippen LogP contribution in [0.1, 0.15) is 27.6 Å². The first-order chi connectivity index (χ1) is 14.0. The molecule has 4 N–H and O–H groups in total. The minimum Gasteiger partial charge on any atom is -0.342 e. The number of anilines is 1. The van der Waals surface area contributed by atoms with E-state index in [9.17, 15) is 9.59 Å². The third-order valence-corrected chi connectivity index (χ3v) is 5.83. The highest BCUT2D eigenvalue weighted by molar-refractivity contribution is 7.10. The van der Waals surface area contributed by atoms with Crippen LogP contribution in [-0.4, -0.2) is 24.9 Å². The van der Waals surface area contributed by atoms with Crippen LogP contribution in [0.15, 0.2) is 66.0 Å². The predicted molar refractivity (Wildman–Crippen MR) is 117 cm³/mol. The molecule has 0 aliphatic carbocycles. The van der Waals surface area contributed by atoms with Gasteiger partial charge in [-0.2, -0.15) is 0 Å². The van der Waals surface area contributed by atoms with Gasteiger partial charge < -0.3 is 16.0 Å². The summed E-state index contributed by atoms with van der Waals surface area (Å²) in [5.74, 6) is -0.400. The number of aryl methyl sites for hydroxylation is 1. The van der Waals surface area contributed by atoms with E-state index in [4.69, 9.17) is 0 Å². The van der Waals surface area contributed by atoms with Crippen LogP contribution in [-0.2, 0) is 9.59 Å². The van der Waals surface area contributed by atoms with Gasteiger partial charge in [0.05, 0.1) is 11.4 Å². The Kier molecular flexibility index (Phi) is 7.16. The molecule has 29 heavy (non-hydrogen) atoms. The second-order valence-electron chi connectivity index (χ2n) is 6.92. The monoisotopic (exact) mass is 408 g/mol. The van der Waals surface area contributed by atoms with E-state index < -0.39 is 0 Å². The van der Waals surface area contributed by atoms with Crippen LogP contribution in [0.4, 0.5) is 5.69 Å². The average Bonchev–Trinajstić information content (AvgIpc) is 3.25. The van der Waals surface area contributed by atoms with Crippen molar-refractivity contribution >= 4 is 28.8 Å². The summed E-state index contributed by atoms with van der Waals surface area (Å²) in [5.41, 5.74) is 4.07. The second-order valence-corrected chi connectivity index (χ2v) is 7.90. The summed E-state index contributed by atoms with van der Waals surface area (Å²) in [5, 5.41) is 9.60. The molecule has 6 heteroatoms. The zero-order chi connectivity index (χ0) is 20.6. The molecule has 0 aliphatic heterocycles. The Labute approximate surface area is 175 Å². The fourth-order valence-electron chi connectivity index (χ4n) is 3.10. The largest absolute Gasteiger partial charge is 0.342 e. The molecule has 0 spiro atoms. The number of carbonyl (C=O) groups is 2. The van der Waals surface area contributed by atoms with E-state index in [1.165, 1.54) is 4.88 Å². The van der Waals surface area contributed by atoms with E-state index in [-0.39, 0.29) is 30.9 Å². The van der Waals surface area contributed by atoms with E-state index in [0.29, 0.717) is 0 Å². The van der Waals surface area contributed by atoms with Gasteiger partial charge in [0.2, 0.25) is 5.91 Å². The Hall–Kier alpha value is -2.96. The minimum atomic E-state index is -0.232. The van der Waals surface area contributed by atoms with Crippen molar-refractivity contribution in [1.29, 1.82) is 0 Å². The van der Waals surface area contributed by atoms with Gasteiger partial charge >= 0.3 is 0 Å². The highest BCUT2D eigenvalue weighted by atomic mass is 32.1. The van der Waals surface area contributed by atoms with E-state index in [0.717, 1.165) is 22.4 Å². The number of nitrogens with two attached hydrogens (primary N) is 1. The number of carbonyl (C=O) groups excluding carboxylic acids is 2. The summed E-state index contributed by atoms with van der Waals surface area (Å²) in [4.78, 5) is 25.7. The fraction of sp³-hybridized carbons (Fsp3) is 0.217. The van der Waals surface area contributed by atoms with Gasteiger partial charge in [-0.15, -0.1) is 11.3 Å². The van der Waals surface area contributed by atoms with Crippen LogP contribution in [0.25, 0.3) is 0 Å². The maximum atomic E-state index is 12.3. The van der Waals surface area contributed by atoms with Gasteiger partial charge in [-0.05, 0) is 42.5 Å². The number of quaternary nitrogens is 1. The Morgan fingerprint density at radius 3 is 2.48 bits per heavy atom. The fourth-order valence-corrected chi connectivity index (χ4v) is 3.95. The summed E-state index contributed by atoms with van der Waals surface area (Å²) >= 11 is 1.67. The number of thiophene rings is 1. The molecule has 0 aliphatic rings. The third kappa shape index (κ3) is 5.76. The van der Waals surface area contributed by atoms with E-state index >= 15 is 0 Å². The maximum absolute atomic E-state index is 12.3. The topological polar surface area (TPSA) is 74.8 Å². The van der Waals surface area contributed by atoms with Crippen LogP contribution in [0.5, 0.6) is 0 Å². The summed E-state index contributed by atoms with van der Waals surface area (Å²) in [6, 6.07) is 20.0. The molecule has 0 saturated heterocycles. The molecule has 0 unspecified atom stereocenters. The Morgan fingerprint density at radius 1 is 0.966 bits per heavy atom. The van der Waals surface area contributed by atoms with Gasteiger partial charge in [0.15, 0.2) is 6.54 Å². The molecule has 2 aromatic carbocycles. The van der Waals surface area contributed by atoms with Crippen molar-refractivity contribution in [1.82, 2.24) is 5.32 Å². The number of rotatable bonds is 8. The standard InChI is InChI=1S/C23H25N3O2S/c1-16-8-6-11-19(17(16)2)26-22(28)15-24-21(27)14-25-23(20-12-7-13-29-20)18-9-4-3-5-10-18/h3-13,23,25H,14-15H2,1-2H3,(H,24,27)(H,26,28)/p+1/t23-/m0/s1. The molecule has 150 valence electrons. The first-order valence-corrected chi connectivity index (χ1v) is 10.5. The van der Waals surface area contributed by atoms with Crippen LogP contribution in [0.3, 0.4) is 0 Å². The molecule has 0 saturated carbocycles. The smallest absolute Gasteiger partial charge is 0.275 e. The van der Waals surface area contributed by atoms with Gasteiger partial charge in [0, 0.05) is 11.3 Å². The molecule has 1 heterocycles. The van der Waals surface area contributed by atoms with Gasteiger partial charge in [-0.1, -0.05) is 48.5 Å². The number of nitrogens with one attached hydrogen (secondary N) is 2. The molecule has 2 amide bonds. The number of amides is 2. The van der Waals surface area contributed by atoms with Crippen molar-refractivity contribution in [2.24, 2.45) is 0 Å². The lowest BCUT2D eigenvalue weighted by Crippen LogP contribution is -2.87. The molecule has 3 rings (SSSR count). The van der Waals surface area contributed by atoms with Crippen molar-refractivity contribution < 1.29 is 14.9 Å². The van der Waals surface area contributed by atoms with Crippen molar-refractivity contribution in [3.8, 4) is 0 Å². The average molecular weight is 409 g/mol. The summed E-state index contributed by atoms with van der Waals surface area (Å²) in [6.45, 7) is 4.16. The Morgan fingerprint density at radius 2 is 1.76 bits per heavy atom. The van der Waals surface area contributed by atoms with Gasteiger partial charge in [-0.3, -0.25) is 9.59 Å². The number of hydrogen-bond donors (Lipinski definition) is 3. The lowest BCUT2D eigenvalue weighted by molar-refractivity contribution is -0.676. The van der Waals surface area contributed by atoms with Crippen molar-refractivity contribution in [3.63, 3.8) is 0 Å². The molecule has 0 radical (unpaired) electrons. The first kappa shape index (κ1) is 20.8. The van der Waals surface area contributed by atoms with Crippen LogP contribution in [0, 0.1) is 13.8 Å². The molecule has 1 atom stereocenters. The van der Waals surface area contributed by atoms with Crippen molar-refractivity contribution in [2.45, 2.75) is 19.9 Å². The van der Waals surface area contributed by atoms with E-state index in [1.54, 1.807) is 11.3 Å². The van der Waals surface area contributed by atoms with E-state index in [1.807, 2.05) is 67.0 Å². The molecule has 5 nitrogen and oxygen atoms in total. The third-order valence-electron chi connectivity index (χ3n) is 4.87. The lowest BCUT2D eigenvalue weighted by Gasteiger charge is -2.15. The molecule has 0 fully saturated rings. The minimum absolute atomic E-state index is 0.0466. The highest BCUT2D eigenvalue weighted by Gasteiger charge is 2.20. The Bertz CT molecular complexity index is 956. The van der Waals surface area contributed by atoms with Crippen molar-refractivity contribution in [2.75, 3.05) is 18.4 Å². The zero-order valence-corrected chi connectivity index (χ0v) is 17.5. The normalized spacial score (nSPS) is 11.7. The quantitative estimate of drug-likeness (QED) is 0.536. The van der Waals surface area contributed by atoms with Gasteiger partial charge in [-0.25, -0.2) is 0 Å². The van der Waals surface area contributed by atoms with Crippen molar-refractivity contribution in [3.05, 3.63) is 87.6 Å². The maximum Gasteiger partial charge on any atom is 0.275 e. The SMILES string of the molecule is Cc1cccc(NC(=O)CNC(=O)C[NH2+][C@@H](c2ccccc2)c2cccs2)c1C. The molecular weight excluding hydrogens is 382 g/mol. The van der Waals surface area contributed by atoms with Gasteiger partial charge in [0.25, 0.3) is 5.91 Å². The number of benzene rings is 2. The second kappa shape index (κ2) is 10.0. The van der Waals surface area contributed by atoms with Crippen LogP contribution >= 0.6 is 11.3 Å². The highest BCUT2D eigenvalue weighted by Crippen LogP contribution is 2.22. The van der Waals surface area contributed by atoms with E-state index in [2.05, 4.69) is 28.8 Å². The van der Waals surface area contributed by atoms with Crippen LogP contribution < -0.4 is 16.0 Å². The zero-order valence-electron chi connectivity index (χ0n) is 16.6. The van der Waals surface area contributed by atoms with Gasteiger partial charge in [0.1, 0.15) is 6.04 Å². The lowest BCUT2D eigenvalue weighted by atomic mass is 10.1. The Balaban J connectivity index is 1.52. The summed E-state index contributed by atoms with van der Waals surface area (Å²) in [7, 11) is 0. The molecule has 1 aromatic heterocycles. The summed E-state index contributed by atoms with van der Waals surface area (Å²) in [6.07, 6.45) is 0. The van der Waals surface area contributed by atoms with Crippen LogP contribution in [0.2, 0.25) is 0 Å². The molecule has 0 bridgehead atoms. The predicted octanol–water partition coefficient (Wildman–Crippen LogP) is 2.77. The number of hydrogen-bond acceptors (Lipinski definition) is 3. The first-order valence-electron chi connectivity index (χ1n) is 9.59. The molecular formula is C23H26N3O2S+. The summed E-state index contributed by atoms with van der Waals surface area (Å²) < 4.78 is 0. The molecule has 3 aromatic rings.